The molecule has 0 unspecified atom stereocenters. The number of nitrogens with zero attached hydrogens (tertiary/aromatic N) is 2. The number of carbonyl (C=O) groups is 4. The maximum atomic E-state index is 13.7. The third-order valence-electron chi connectivity index (χ3n) is 7.65. The van der Waals surface area contributed by atoms with Crippen LogP contribution in [0.4, 0.5) is 0 Å². The molecule has 0 radical (unpaired) electrons. The van der Waals surface area contributed by atoms with Crippen molar-refractivity contribution in [1.82, 2.24) is 25.8 Å². The van der Waals surface area contributed by atoms with Gasteiger partial charge in [0.25, 0.3) is 0 Å². The van der Waals surface area contributed by atoms with Crippen LogP contribution in [0.1, 0.15) is 45.2 Å². The Morgan fingerprint density at radius 1 is 1.00 bits per heavy atom. The van der Waals surface area contributed by atoms with E-state index >= 15 is 0 Å². The summed E-state index contributed by atoms with van der Waals surface area (Å²) in [6.45, 7) is 7.29. The summed E-state index contributed by atoms with van der Waals surface area (Å²) in [6, 6.07) is 12.9. The summed E-state index contributed by atoms with van der Waals surface area (Å²) in [5.74, 6) is -0.707. The first kappa shape index (κ1) is 34.6. The molecule has 11 heteroatoms. The topological polar surface area (TPSA) is 120 Å². The van der Waals surface area contributed by atoms with E-state index in [1.807, 2.05) is 63.2 Å². The lowest BCUT2D eigenvalue weighted by Crippen LogP contribution is -2.58. The molecule has 4 amide bonds. The number of nitrogens with one attached hydrogen (secondary N) is 3. The van der Waals surface area contributed by atoms with Crippen LogP contribution in [0.2, 0.25) is 5.02 Å². The van der Waals surface area contributed by atoms with Crippen molar-refractivity contribution in [3.63, 3.8) is 0 Å². The van der Waals surface area contributed by atoms with Crippen LogP contribution in [0.25, 0.3) is 0 Å². The number of halogens is 1. The second-order valence-corrected chi connectivity index (χ2v) is 12.4. The molecule has 3 rings (SSSR count). The Bertz CT molecular complexity index is 1340. The van der Waals surface area contributed by atoms with Gasteiger partial charge in [0.15, 0.2) is 0 Å². The van der Waals surface area contributed by atoms with Gasteiger partial charge in [0, 0.05) is 24.0 Å². The lowest BCUT2D eigenvalue weighted by Gasteiger charge is -2.36. The summed E-state index contributed by atoms with van der Waals surface area (Å²) in [4.78, 5) is 56.0. The molecule has 3 N–H and O–H groups in total. The average Bonchev–Trinajstić information content (AvgIpc) is 3.00. The van der Waals surface area contributed by atoms with Gasteiger partial charge in [0.05, 0.1) is 19.7 Å². The van der Waals surface area contributed by atoms with E-state index in [2.05, 4.69) is 16.0 Å². The highest BCUT2D eigenvalue weighted by Crippen LogP contribution is 2.22. The molecule has 2 aromatic carbocycles. The molecule has 0 saturated carbocycles. The smallest absolute Gasteiger partial charge is 0.249 e. The Kier molecular flexibility index (Phi) is 12.4. The molecular weight excluding hydrogens is 582 g/mol. The van der Waals surface area contributed by atoms with Gasteiger partial charge in [-0.1, -0.05) is 56.6 Å². The number of likely N-dealkylation sites (N-methyl/N-ethyl adjacent to an activating group) is 1. The van der Waals surface area contributed by atoms with Crippen molar-refractivity contribution in [3.05, 3.63) is 77.1 Å². The number of methoxy groups -OCH3 is 1. The highest BCUT2D eigenvalue weighted by Gasteiger charge is 2.36. The molecule has 1 aliphatic heterocycles. The summed E-state index contributed by atoms with van der Waals surface area (Å²) in [6.07, 6.45) is 4.73. The van der Waals surface area contributed by atoms with Crippen LogP contribution < -0.4 is 20.7 Å². The Hall–Kier alpha value is -3.89. The minimum absolute atomic E-state index is 0.205. The Morgan fingerprint density at radius 3 is 2.32 bits per heavy atom. The molecule has 1 aliphatic rings. The van der Waals surface area contributed by atoms with Crippen LogP contribution in [0.5, 0.6) is 5.75 Å². The molecule has 0 fully saturated rings. The van der Waals surface area contributed by atoms with Gasteiger partial charge in [-0.3, -0.25) is 19.2 Å². The highest BCUT2D eigenvalue weighted by molar-refractivity contribution is 6.30. The van der Waals surface area contributed by atoms with Crippen molar-refractivity contribution in [3.8, 4) is 5.75 Å². The van der Waals surface area contributed by atoms with E-state index in [9.17, 15) is 19.2 Å². The van der Waals surface area contributed by atoms with Crippen LogP contribution in [0.15, 0.2) is 60.9 Å². The van der Waals surface area contributed by atoms with Crippen LogP contribution >= 0.6 is 11.6 Å². The Labute approximate surface area is 265 Å². The fourth-order valence-corrected chi connectivity index (χ4v) is 5.02. The van der Waals surface area contributed by atoms with Crippen molar-refractivity contribution in [2.75, 3.05) is 27.2 Å². The van der Waals surface area contributed by atoms with Crippen molar-refractivity contribution in [2.24, 2.45) is 5.41 Å². The fourth-order valence-electron chi connectivity index (χ4n) is 4.81. The van der Waals surface area contributed by atoms with Crippen LogP contribution in [-0.4, -0.2) is 78.8 Å². The summed E-state index contributed by atoms with van der Waals surface area (Å²) in [7, 11) is 3.26. The molecule has 0 bridgehead atoms. The number of ether oxygens (including phenoxy) is 1. The standard InChI is InChI=1S/C33H44ClN5O5/c1-22(35-5)30(41)37-29(33(2,3)4)31(42)36-21-28(40)39-19-18-38(17-16-24-8-7-9-25(34)20-24)32(43)27(39)15-12-23-10-13-26(44-6)14-11-23/h7-11,13-14,18-20,22,27,29,35H,12,15-17,21H2,1-6H3,(H,36,42)(H,37,41)/t22-,27-,29+/m0/s1. The predicted octanol–water partition coefficient (Wildman–Crippen LogP) is 3.29. The number of hydrogen-bond donors (Lipinski definition) is 3. The monoisotopic (exact) mass is 625 g/mol. The van der Waals surface area contributed by atoms with Gasteiger partial charge < -0.3 is 30.5 Å². The number of rotatable bonds is 13. The van der Waals surface area contributed by atoms with Crippen LogP contribution in [-0.2, 0) is 32.0 Å². The van der Waals surface area contributed by atoms with E-state index in [1.165, 1.54) is 4.90 Å². The first-order chi connectivity index (χ1) is 20.8. The van der Waals surface area contributed by atoms with Crippen molar-refractivity contribution >= 4 is 35.2 Å². The lowest BCUT2D eigenvalue weighted by atomic mass is 9.86. The summed E-state index contributed by atoms with van der Waals surface area (Å²) in [5, 5.41) is 8.95. The Balaban J connectivity index is 1.74. The molecule has 1 heterocycles. The largest absolute Gasteiger partial charge is 0.497 e. The fraction of sp³-hybridized carbons (Fsp3) is 0.455. The Morgan fingerprint density at radius 2 is 1.70 bits per heavy atom. The molecule has 2 aromatic rings. The zero-order chi connectivity index (χ0) is 32.4. The molecule has 3 atom stereocenters. The molecule has 10 nitrogen and oxygen atoms in total. The molecule has 44 heavy (non-hydrogen) atoms. The highest BCUT2D eigenvalue weighted by atomic mass is 35.5. The zero-order valence-corrected chi connectivity index (χ0v) is 27.1. The van der Waals surface area contributed by atoms with Gasteiger partial charge in [-0.2, -0.15) is 0 Å². The van der Waals surface area contributed by atoms with Gasteiger partial charge in [0.2, 0.25) is 23.6 Å². The minimum Gasteiger partial charge on any atom is -0.497 e. The number of carbonyl (C=O) groups excluding carboxylic acids is 4. The van der Waals surface area contributed by atoms with Gasteiger partial charge in [-0.25, -0.2) is 0 Å². The maximum Gasteiger partial charge on any atom is 0.249 e. The molecular formula is C33H44ClN5O5. The number of amides is 4. The quantitative estimate of drug-likeness (QED) is 0.314. The SMILES string of the molecule is CN[C@@H](C)C(=O)N[C@H](C(=O)NCC(=O)N1C=CN(CCc2cccc(Cl)c2)C(=O)[C@@H]1CCc1ccc(OC)cc1)C(C)(C)C. The zero-order valence-electron chi connectivity index (χ0n) is 26.4. The second kappa shape index (κ2) is 15.7. The van der Waals surface area contributed by atoms with E-state index in [1.54, 1.807) is 44.4 Å². The van der Waals surface area contributed by atoms with E-state index in [-0.39, 0.29) is 18.4 Å². The van der Waals surface area contributed by atoms with E-state index in [4.69, 9.17) is 16.3 Å². The third-order valence-corrected chi connectivity index (χ3v) is 7.89. The lowest BCUT2D eigenvalue weighted by molar-refractivity contribution is -0.144. The minimum atomic E-state index is -0.870. The first-order valence-corrected chi connectivity index (χ1v) is 15.1. The molecule has 0 saturated heterocycles. The van der Waals surface area contributed by atoms with Crippen molar-refractivity contribution in [2.45, 2.75) is 65.1 Å². The predicted molar refractivity (Wildman–Crippen MR) is 171 cm³/mol. The van der Waals surface area contributed by atoms with Gasteiger partial charge in [-0.15, -0.1) is 0 Å². The van der Waals surface area contributed by atoms with E-state index in [0.717, 1.165) is 16.9 Å². The normalized spacial score (nSPS) is 16.3. The molecule has 238 valence electrons. The van der Waals surface area contributed by atoms with E-state index < -0.39 is 35.4 Å². The van der Waals surface area contributed by atoms with Crippen LogP contribution in [0, 0.1) is 5.41 Å². The molecule has 0 aliphatic carbocycles. The molecule has 0 aromatic heterocycles. The second-order valence-electron chi connectivity index (χ2n) is 11.9. The third kappa shape index (κ3) is 9.56. The van der Waals surface area contributed by atoms with Crippen LogP contribution in [0.3, 0.4) is 0 Å². The first-order valence-electron chi connectivity index (χ1n) is 14.8. The maximum absolute atomic E-state index is 13.7. The number of benzene rings is 2. The number of aryl methyl sites for hydroxylation is 1. The van der Waals surface area contributed by atoms with Gasteiger partial charge >= 0.3 is 0 Å². The summed E-state index contributed by atoms with van der Waals surface area (Å²) < 4.78 is 5.24. The average molecular weight is 626 g/mol. The van der Waals surface area contributed by atoms with Gasteiger partial charge in [0.1, 0.15) is 17.8 Å². The van der Waals surface area contributed by atoms with Gasteiger partial charge in [-0.05, 0) is 74.0 Å². The number of hydrogen-bond acceptors (Lipinski definition) is 6. The van der Waals surface area contributed by atoms with Crippen molar-refractivity contribution < 1.29 is 23.9 Å². The summed E-state index contributed by atoms with van der Waals surface area (Å²) in [5.41, 5.74) is 1.39. The van der Waals surface area contributed by atoms with Crippen molar-refractivity contribution in [1.29, 1.82) is 0 Å². The summed E-state index contributed by atoms with van der Waals surface area (Å²) >= 11 is 6.13. The van der Waals surface area contributed by atoms with E-state index in [0.29, 0.717) is 30.8 Å². The molecule has 0 spiro atoms.